The van der Waals surface area contributed by atoms with E-state index >= 15 is 0 Å². The quantitative estimate of drug-likeness (QED) is 0.889. The second-order valence-corrected chi connectivity index (χ2v) is 5.63. The summed E-state index contributed by atoms with van der Waals surface area (Å²) in [6, 6.07) is 9.49. The third-order valence-electron chi connectivity index (χ3n) is 4.05. The SMILES string of the molecule is N#Cc1cccc(CNC(=O)CCC2CCCCC2)c1. The van der Waals surface area contributed by atoms with Gasteiger partial charge in [0.1, 0.15) is 0 Å². The average molecular weight is 270 g/mol. The molecule has 1 fully saturated rings. The number of nitriles is 1. The van der Waals surface area contributed by atoms with E-state index in [2.05, 4.69) is 11.4 Å². The fraction of sp³-hybridized carbons (Fsp3) is 0.529. The predicted molar refractivity (Wildman–Crippen MR) is 78.8 cm³/mol. The lowest BCUT2D eigenvalue weighted by molar-refractivity contribution is -0.121. The summed E-state index contributed by atoms with van der Waals surface area (Å²) < 4.78 is 0. The highest BCUT2D eigenvalue weighted by molar-refractivity contribution is 5.75. The van der Waals surface area contributed by atoms with Gasteiger partial charge in [-0.1, -0.05) is 44.2 Å². The van der Waals surface area contributed by atoms with Gasteiger partial charge in [-0.05, 0) is 30.0 Å². The number of amides is 1. The Kier molecular flexibility index (Phi) is 5.61. The van der Waals surface area contributed by atoms with Gasteiger partial charge in [-0.3, -0.25) is 4.79 Å². The van der Waals surface area contributed by atoms with Crippen molar-refractivity contribution in [3.05, 3.63) is 35.4 Å². The van der Waals surface area contributed by atoms with Crippen LogP contribution >= 0.6 is 0 Å². The molecule has 1 amide bonds. The summed E-state index contributed by atoms with van der Waals surface area (Å²) >= 11 is 0. The van der Waals surface area contributed by atoms with E-state index in [0.29, 0.717) is 18.5 Å². The number of carbonyl (C=O) groups excluding carboxylic acids is 1. The van der Waals surface area contributed by atoms with Gasteiger partial charge in [-0.25, -0.2) is 0 Å². The van der Waals surface area contributed by atoms with Crippen molar-refractivity contribution in [2.45, 2.75) is 51.5 Å². The van der Waals surface area contributed by atoms with E-state index in [1.54, 1.807) is 6.07 Å². The lowest BCUT2D eigenvalue weighted by Crippen LogP contribution is -2.23. The molecule has 20 heavy (non-hydrogen) atoms. The molecule has 0 atom stereocenters. The Morgan fingerprint density at radius 2 is 2.10 bits per heavy atom. The molecule has 0 heterocycles. The Hall–Kier alpha value is -1.82. The number of benzene rings is 1. The van der Waals surface area contributed by atoms with Crippen LogP contribution in [0.15, 0.2) is 24.3 Å². The average Bonchev–Trinajstić information content (AvgIpc) is 2.52. The molecule has 1 N–H and O–H groups in total. The van der Waals surface area contributed by atoms with Crippen molar-refractivity contribution < 1.29 is 4.79 Å². The van der Waals surface area contributed by atoms with E-state index in [4.69, 9.17) is 5.26 Å². The maximum absolute atomic E-state index is 11.8. The summed E-state index contributed by atoms with van der Waals surface area (Å²) in [4.78, 5) is 11.8. The lowest BCUT2D eigenvalue weighted by atomic mass is 9.86. The third-order valence-corrected chi connectivity index (χ3v) is 4.05. The fourth-order valence-electron chi connectivity index (χ4n) is 2.85. The molecule has 1 aromatic carbocycles. The topological polar surface area (TPSA) is 52.9 Å². The Morgan fingerprint density at radius 3 is 2.85 bits per heavy atom. The molecule has 2 rings (SSSR count). The number of nitrogens with zero attached hydrogens (tertiary/aromatic N) is 1. The van der Waals surface area contributed by atoms with Gasteiger partial charge in [0.25, 0.3) is 0 Å². The first kappa shape index (κ1) is 14.6. The van der Waals surface area contributed by atoms with Crippen LogP contribution in [-0.2, 0) is 11.3 Å². The van der Waals surface area contributed by atoms with E-state index in [1.165, 1.54) is 32.1 Å². The normalized spacial score (nSPS) is 15.6. The van der Waals surface area contributed by atoms with Crippen molar-refractivity contribution in [2.24, 2.45) is 5.92 Å². The van der Waals surface area contributed by atoms with Crippen LogP contribution in [0.5, 0.6) is 0 Å². The summed E-state index contributed by atoms with van der Waals surface area (Å²) in [5.74, 6) is 0.870. The third kappa shape index (κ3) is 4.70. The molecule has 0 aliphatic heterocycles. The molecule has 0 aromatic heterocycles. The Morgan fingerprint density at radius 1 is 1.30 bits per heavy atom. The van der Waals surface area contributed by atoms with E-state index < -0.39 is 0 Å². The fourth-order valence-corrected chi connectivity index (χ4v) is 2.85. The van der Waals surface area contributed by atoms with Crippen molar-refractivity contribution in [1.29, 1.82) is 5.26 Å². The maximum Gasteiger partial charge on any atom is 0.220 e. The molecule has 0 radical (unpaired) electrons. The van der Waals surface area contributed by atoms with E-state index in [-0.39, 0.29) is 5.91 Å². The zero-order valence-corrected chi connectivity index (χ0v) is 11.9. The van der Waals surface area contributed by atoms with Crippen LogP contribution in [0.1, 0.15) is 56.1 Å². The minimum Gasteiger partial charge on any atom is -0.352 e. The number of hydrogen-bond donors (Lipinski definition) is 1. The molecule has 0 spiro atoms. The number of hydrogen-bond acceptors (Lipinski definition) is 2. The van der Waals surface area contributed by atoms with E-state index in [1.807, 2.05) is 18.2 Å². The van der Waals surface area contributed by atoms with E-state index in [0.717, 1.165) is 17.9 Å². The standard InChI is InChI=1S/C17H22N2O/c18-12-15-7-4-8-16(11-15)13-19-17(20)10-9-14-5-2-1-3-6-14/h4,7-8,11,14H,1-3,5-6,9-10,13H2,(H,19,20). The molecule has 1 aliphatic carbocycles. The van der Waals surface area contributed by atoms with Crippen molar-refractivity contribution in [3.63, 3.8) is 0 Å². The van der Waals surface area contributed by atoms with Gasteiger partial charge in [0.05, 0.1) is 11.6 Å². The number of carbonyl (C=O) groups is 1. The molecule has 0 saturated heterocycles. The van der Waals surface area contributed by atoms with Crippen molar-refractivity contribution in [2.75, 3.05) is 0 Å². The minimum absolute atomic E-state index is 0.123. The van der Waals surface area contributed by atoms with Gasteiger partial charge in [0.15, 0.2) is 0 Å². The highest BCUT2D eigenvalue weighted by atomic mass is 16.1. The molecule has 3 heteroatoms. The van der Waals surface area contributed by atoms with Crippen molar-refractivity contribution >= 4 is 5.91 Å². The van der Waals surface area contributed by atoms with Crippen LogP contribution in [0, 0.1) is 17.2 Å². The monoisotopic (exact) mass is 270 g/mol. The molecule has 106 valence electrons. The Bertz CT molecular complexity index is 484. The smallest absolute Gasteiger partial charge is 0.220 e. The Balaban J connectivity index is 1.70. The van der Waals surface area contributed by atoms with Crippen LogP contribution in [-0.4, -0.2) is 5.91 Å². The van der Waals surface area contributed by atoms with Crippen LogP contribution < -0.4 is 5.32 Å². The van der Waals surface area contributed by atoms with Crippen LogP contribution in [0.3, 0.4) is 0 Å². The second kappa shape index (κ2) is 7.69. The molecule has 3 nitrogen and oxygen atoms in total. The van der Waals surface area contributed by atoms with E-state index in [9.17, 15) is 4.79 Å². The molecule has 0 bridgehead atoms. The van der Waals surface area contributed by atoms with Crippen molar-refractivity contribution in [1.82, 2.24) is 5.32 Å². The second-order valence-electron chi connectivity index (χ2n) is 5.63. The van der Waals surface area contributed by atoms with Crippen molar-refractivity contribution in [3.8, 4) is 6.07 Å². The van der Waals surface area contributed by atoms with Crippen LogP contribution in [0.2, 0.25) is 0 Å². The summed E-state index contributed by atoms with van der Waals surface area (Å²) in [5, 5.41) is 11.8. The molecule has 1 aromatic rings. The molecular formula is C17H22N2O. The molecule has 1 aliphatic rings. The lowest BCUT2D eigenvalue weighted by Gasteiger charge is -2.20. The highest BCUT2D eigenvalue weighted by Crippen LogP contribution is 2.27. The van der Waals surface area contributed by atoms with Crippen LogP contribution in [0.25, 0.3) is 0 Å². The van der Waals surface area contributed by atoms with Gasteiger partial charge >= 0.3 is 0 Å². The molecule has 0 unspecified atom stereocenters. The number of rotatable bonds is 5. The minimum atomic E-state index is 0.123. The first-order valence-corrected chi connectivity index (χ1v) is 7.53. The van der Waals surface area contributed by atoms with Gasteiger partial charge in [-0.2, -0.15) is 5.26 Å². The predicted octanol–water partition coefficient (Wildman–Crippen LogP) is 3.53. The highest BCUT2D eigenvalue weighted by Gasteiger charge is 2.14. The van der Waals surface area contributed by atoms with Gasteiger partial charge in [0.2, 0.25) is 5.91 Å². The zero-order chi connectivity index (χ0) is 14.2. The van der Waals surface area contributed by atoms with Gasteiger partial charge in [0, 0.05) is 13.0 Å². The first-order chi connectivity index (χ1) is 9.78. The summed E-state index contributed by atoms with van der Waals surface area (Å²) in [6.07, 6.45) is 8.24. The largest absolute Gasteiger partial charge is 0.352 e. The first-order valence-electron chi connectivity index (χ1n) is 7.53. The summed E-state index contributed by atoms with van der Waals surface area (Å²) in [7, 11) is 0. The van der Waals surface area contributed by atoms with Crippen LogP contribution in [0.4, 0.5) is 0 Å². The molecular weight excluding hydrogens is 248 g/mol. The van der Waals surface area contributed by atoms with Gasteiger partial charge < -0.3 is 5.32 Å². The van der Waals surface area contributed by atoms with Gasteiger partial charge in [-0.15, -0.1) is 0 Å². The molecule has 1 saturated carbocycles. The summed E-state index contributed by atoms with van der Waals surface area (Å²) in [6.45, 7) is 0.513. The summed E-state index contributed by atoms with van der Waals surface area (Å²) in [5.41, 5.74) is 1.62. The zero-order valence-electron chi connectivity index (χ0n) is 11.9. The maximum atomic E-state index is 11.8. The Labute approximate surface area is 121 Å². The number of nitrogens with one attached hydrogen (secondary N) is 1.